The molecule has 0 aliphatic rings. The fourth-order valence-corrected chi connectivity index (χ4v) is 2.99. The van der Waals surface area contributed by atoms with Gasteiger partial charge in [0.1, 0.15) is 11.5 Å². The van der Waals surface area contributed by atoms with E-state index in [1.165, 1.54) is 0 Å². The molecular weight excluding hydrogens is 370 g/mol. The third kappa shape index (κ3) is 5.48. The van der Waals surface area contributed by atoms with Crippen LogP contribution in [0.3, 0.4) is 0 Å². The zero-order valence-electron chi connectivity index (χ0n) is 16.4. The van der Waals surface area contributed by atoms with Gasteiger partial charge >= 0.3 is 5.97 Å². The molecule has 1 amide bonds. The summed E-state index contributed by atoms with van der Waals surface area (Å²) in [6, 6.07) is 20.5. The molecule has 1 unspecified atom stereocenters. The first-order chi connectivity index (χ1) is 14.1. The van der Waals surface area contributed by atoms with Gasteiger partial charge in [0.05, 0.1) is 13.2 Å². The Hall–Kier alpha value is -3.54. The van der Waals surface area contributed by atoms with Crippen molar-refractivity contribution in [1.82, 2.24) is 5.32 Å². The Morgan fingerprint density at radius 3 is 2.34 bits per heavy atom. The third-order valence-corrected chi connectivity index (χ3v) is 4.45. The second-order valence-electron chi connectivity index (χ2n) is 6.48. The molecule has 0 fully saturated rings. The lowest BCUT2D eigenvalue weighted by Gasteiger charge is -2.16. The Balaban J connectivity index is 1.46. The lowest BCUT2D eigenvalue weighted by molar-refractivity contribution is -0.150. The van der Waals surface area contributed by atoms with Crippen molar-refractivity contribution in [1.29, 1.82) is 0 Å². The zero-order chi connectivity index (χ0) is 20.6. The molecule has 0 aromatic heterocycles. The van der Waals surface area contributed by atoms with Crippen LogP contribution in [-0.4, -0.2) is 32.2 Å². The smallest absolute Gasteiger partial charge is 0.344 e. The molecule has 3 rings (SSSR count). The summed E-state index contributed by atoms with van der Waals surface area (Å²) in [5.74, 6) is 0.214. The molecule has 0 aliphatic carbocycles. The highest BCUT2D eigenvalue weighted by Crippen LogP contribution is 2.24. The lowest BCUT2D eigenvalue weighted by atomic mass is 10.00. The van der Waals surface area contributed by atoms with Crippen LogP contribution in [0.2, 0.25) is 0 Å². The quantitative estimate of drug-likeness (QED) is 0.592. The number of esters is 1. The number of nitrogens with one attached hydrogen (secondary N) is 1. The summed E-state index contributed by atoms with van der Waals surface area (Å²) in [6.07, 6.45) is 0. The van der Waals surface area contributed by atoms with E-state index in [9.17, 15) is 9.59 Å². The largest absolute Gasteiger partial charge is 0.497 e. The Labute approximate surface area is 169 Å². The fraction of sp³-hybridized carbons (Fsp3) is 0.217. The standard InChI is InChI=1S/C23H23NO5/c1-16(20-9-5-7-17-6-3-4-8-21(17)20)24-22(25)14-29-23(26)15-28-19-12-10-18(27-2)11-13-19/h3-13,16H,14-15H2,1-2H3,(H,24,25). The van der Waals surface area contributed by atoms with Crippen molar-refractivity contribution in [3.8, 4) is 11.5 Å². The summed E-state index contributed by atoms with van der Waals surface area (Å²) in [5.41, 5.74) is 1.01. The number of hydrogen-bond acceptors (Lipinski definition) is 5. The molecule has 0 spiro atoms. The predicted molar refractivity (Wildman–Crippen MR) is 110 cm³/mol. The van der Waals surface area contributed by atoms with E-state index in [4.69, 9.17) is 14.2 Å². The van der Waals surface area contributed by atoms with Crippen molar-refractivity contribution in [2.75, 3.05) is 20.3 Å². The maximum Gasteiger partial charge on any atom is 0.344 e. The minimum absolute atomic E-state index is 0.220. The molecule has 3 aromatic rings. The predicted octanol–water partition coefficient (Wildman–Crippen LogP) is 3.65. The van der Waals surface area contributed by atoms with Crippen LogP contribution in [0.5, 0.6) is 11.5 Å². The van der Waals surface area contributed by atoms with Gasteiger partial charge < -0.3 is 19.5 Å². The van der Waals surface area contributed by atoms with Gasteiger partial charge in [0, 0.05) is 0 Å². The second kappa shape index (κ2) is 9.59. The highest BCUT2D eigenvalue weighted by Gasteiger charge is 2.14. The van der Waals surface area contributed by atoms with Crippen molar-refractivity contribution in [2.45, 2.75) is 13.0 Å². The molecule has 1 N–H and O–H groups in total. The third-order valence-electron chi connectivity index (χ3n) is 4.45. The monoisotopic (exact) mass is 393 g/mol. The first-order valence-electron chi connectivity index (χ1n) is 9.26. The van der Waals surface area contributed by atoms with Crippen LogP contribution < -0.4 is 14.8 Å². The number of benzene rings is 3. The molecule has 0 radical (unpaired) electrons. The number of carbonyl (C=O) groups excluding carboxylic acids is 2. The van der Waals surface area contributed by atoms with E-state index in [2.05, 4.69) is 5.32 Å². The van der Waals surface area contributed by atoms with Gasteiger partial charge in [-0.3, -0.25) is 4.79 Å². The second-order valence-corrected chi connectivity index (χ2v) is 6.48. The molecule has 150 valence electrons. The van der Waals surface area contributed by atoms with Crippen LogP contribution in [0, 0.1) is 0 Å². The van der Waals surface area contributed by atoms with Crippen LogP contribution in [0.4, 0.5) is 0 Å². The van der Waals surface area contributed by atoms with Gasteiger partial charge in [-0.05, 0) is 47.5 Å². The Morgan fingerprint density at radius 1 is 0.897 bits per heavy atom. The van der Waals surface area contributed by atoms with Crippen LogP contribution in [0.15, 0.2) is 66.7 Å². The first kappa shape index (κ1) is 20.2. The van der Waals surface area contributed by atoms with Crippen molar-refractivity contribution in [2.24, 2.45) is 0 Å². The summed E-state index contributed by atoms with van der Waals surface area (Å²) in [4.78, 5) is 24.0. The summed E-state index contributed by atoms with van der Waals surface area (Å²) in [6.45, 7) is 1.26. The Morgan fingerprint density at radius 2 is 1.59 bits per heavy atom. The van der Waals surface area contributed by atoms with Crippen molar-refractivity contribution < 1.29 is 23.8 Å². The Bertz CT molecular complexity index is 979. The van der Waals surface area contributed by atoms with E-state index < -0.39 is 5.97 Å². The zero-order valence-corrected chi connectivity index (χ0v) is 16.4. The number of fused-ring (bicyclic) bond motifs is 1. The van der Waals surface area contributed by atoms with Crippen LogP contribution in [-0.2, 0) is 14.3 Å². The number of hydrogen-bond donors (Lipinski definition) is 1. The van der Waals surface area contributed by atoms with E-state index in [0.29, 0.717) is 11.5 Å². The molecule has 6 heteroatoms. The van der Waals surface area contributed by atoms with Gasteiger partial charge in [-0.15, -0.1) is 0 Å². The topological polar surface area (TPSA) is 73.9 Å². The summed E-state index contributed by atoms with van der Waals surface area (Å²) in [7, 11) is 1.57. The highest BCUT2D eigenvalue weighted by atomic mass is 16.6. The fourth-order valence-electron chi connectivity index (χ4n) is 2.99. The van der Waals surface area contributed by atoms with Crippen LogP contribution in [0.1, 0.15) is 18.5 Å². The van der Waals surface area contributed by atoms with Crippen molar-refractivity contribution >= 4 is 22.6 Å². The van der Waals surface area contributed by atoms with Gasteiger partial charge in [-0.25, -0.2) is 4.79 Å². The molecule has 0 saturated heterocycles. The molecule has 3 aromatic carbocycles. The summed E-state index contributed by atoms with van der Waals surface area (Å²) in [5, 5.41) is 5.04. The number of methoxy groups -OCH3 is 1. The molecule has 0 aliphatic heterocycles. The molecular formula is C23H23NO5. The molecule has 0 heterocycles. The lowest BCUT2D eigenvalue weighted by Crippen LogP contribution is -2.32. The first-order valence-corrected chi connectivity index (χ1v) is 9.26. The van der Waals surface area contributed by atoms with E-state index in [1.54, 1.807) is 31.4 Å². The average molecular weight is 393 g/mol. The number of rotatable bonds is 8. The van der Waals surface area contributed by atoms with Gasteiger partial charge in [0.25, 0.3) is 5.91 Å². The van der Waals surface area contributed by atoms with Gasteiger partial charge in [0.2, 0.25) is 0 Å². The van der Waals surface area contributed by atoms with Crippen LogP contribution >= 0.6 is 0 Å². The molecule has 0 bridgehead atoms. The van der Waals surface area contributed by atoms with E-state index >= 15 is 0 Å². The maximum absolute atomic E-state index is 12.2. The number of amides is 1. The maximum atomic E-state index is 12.2. The van der Waals surface area contributed by atoms with Gasteiger partial charge in [0.15, 0.2) is 13.2 Å². The minimum Gasteiger partial charge on any atom is -0.497 e. The number of carbonyl (C=O) groups is 2. The van der Waals surface area contributed by atoms with Crippen molar-refractivity contribution in [3.05, 3.63) is 72.3 Å². The molecule has 0 saturated carbocycles. The summed E-state index contributed by atoms with van der Waals surface area (Å²) >= 11 is 0. The minimum atomic E-state index is -0.617. The van der Waals surface area contributed by atoms with Gasteiger partial charge in [-0.2, -0.15) is 0 Å². The molecule has 6 nitrogen and oxygen atoms in total. The van der Waals surface area contributed by atoms with E-state index in [0.717, 1.165) is 16.3 Å². The van der Waals surface area contributed by atoms with Crippen LogP contribution in [0.25, 0.3) is 10.8 Å². The molecule has 29 heavy (non-hydrogen) atoms. The number of ether oxygens (including phenoxy) is 3. The van der Waals surface area contributed by atoms with E-state index in [1.807, 2.05) is 49.4 Å². The van der Waals surface area contributed by atoms with Gasteiger partial charge in [-0.1, -0.05) is 42.5 Å². The Kier molecular flexibility index (Phi) is 6.68. The highest BCUT2D eigenvalue weighted by molar-refractivity contribution is 5.87. The van der Waals surface area contributed by atoms with Crippen molar-refractivity contribution in [3.63, 3.8) is 0 Å². The summed E-state index contributed by atoms with van der Waals surface area (Å²) < 4.78 is 15.4. The van der Waals surface area contributed by atoms with E-state index in [-0.39, 0.29) is 25.2 Å². The average Bonchev–Trinajstić information content (AvgIpc) is 2.76. The normalized spacial score (nSPS) is 11.5. The SMILES string of the molecule is COc1ccc(OCC(=O)OCC(=O)NC(C)c2cccc3ccccc23)cc1. The molecule has 1 atom stereocenters.